The van der Waals surface area contributed by atoms with Crippen LogP contribution in [0.1, 0.15) is 35.6 Å². The van der Waals surface area contributed by atoms with E-state index >= 15 is 0 Å². The molecule has 0 bridgehead atoms. The molecule has 0 aliphatic carbocycles. The molecule has 0 spiro atoms. The molecule has 56 heavy (non-hydrogen) atoms. The van der Waals surface area contributed by atoms with Gasteiger partial charge in [0.15, 0.2) is 0 Å². The first-order valence-corrected chi connectivity index (χ1v) is 17.1. The smallest absolute Gasteiger partial charge is 0.475 e. The number of nitrogens with one attached hydrogen (secondary N) is 4. The number of carbonyl (C=O) groups excluding carboxylic acids is 2. The van der Waals surface area contributed by atoms with Gasteiger partial charge < -0.3 is 41.7 Å². The van der Waals surface area contributed by atoms with Gasteiger partial charge in [0, 0.05) is 50.5 Å². The number of carboxylic acids is 2. The number of halogens is 6. The summed E-state index contributed by atoms with van der Waals surface area (Å²) < 4.78 is 63.5. The zero-order valence-electron chi connectivity index (χ0n) is 30.6. The molecule has 0 aromatic heterocycles. The zero-order chi connectivity index (χ0) is 42.1. The van der Waals surface area contributed by atoms with Gasteiger partial charge in [0.1, 0.15) is 11.9 Å². The molecule has 1 heterocycles. The Morgan fingerprint density at radius 1 is 0.768 bits per heavy atom. The van der Waals surface area contributed by atoms with Crippen LogP contribution in [-0.2, 0) is 38.7 Å². The van der Waals surface area contributed by atoms with Crippen LogP contribution in [0.3, 0.4) is 0 Å². The van der Waals surface area contributed by atoms with Crippen LogP contribution >= 0.6 is 0 Å². The van der Waals surface area contributed by atoms with E-state index in [1.54, 1.807) is 19.1 Å². The number of benzene rings is 3. The van der Waals surface area contributed by atoms with Crippen molar-refractivity contribution in [1.29, 1.82) is 5.41 Å². The summed E-state index contributed by atoms with van der Waals surface area (Å²) in [4.78, 5) is 48.9. The quantitative estimate of drug-likeness (QED) is 0.0756. The number of aryl methyl sites for hydroxylation is 1. The summed E-state index contributed by atoms with van der Waals surface area (Å²) >= 11 is 0. The number of nitrogens with two attached hydrogens (primary N) is 1. The highest BCUT2D eigenvalue weighted by Gasteiger charge is 2.39. The molecule has 3 aromatic rings. The molecule has 1 aliphatic rings. The van der Waals surface area contributed by atoms with Crippen LogP contribution in [-0.4, -0.2) is 102 Å². The highest BCUT2D eigenvalue weighted by Crippen LogP contribution is 2.22. The highest BCUT2D eigenvalue weighted by molar-refractivity contribution is 5.95. The van der Waals surface area contributed by atoms with Crippen molar-refractivity contribution in [3.8, 4) is 0 Å². The van der Waals surface area contributed by atoms with E-state index in [0.717, 1.165) is 49.3 Å². The Morgan fingerprint density at radius 3 is 1.80 bits per heavy atom. The van der Waals surface area contributed by atoms with E-state index in [-0.39, 0.29) is 17.6 Å². The third kappa shape index (κ3) is 16.8. The van der Waals surface area contributed by atoms with E-state index in [0.29, 0.717) is 25.1 Å². The maximum Gasteiger partial charge on any atom is 0.490 e. The van der Waals surface area contributed by atoms with Crippen LogP contribution in [0.2, 0.25) is 0 Å². The van der Waals surface area contributed by atoms with Crippen molar-refractivity contribution >= 4 is 35.3 Å². The molecular formula is C37H45F6N7O6. The molecule has 13 nitrogen and oxygen atoms in total. The minimum absolute atomic E-state index is 0.000153. The predicted molar refractivity (Wildman–Crippen MR) is 196 cm³/mol. The number of para-hydroxylation sites is 1. The average molecular weight is 798 g/mol. The van der Waals surface area contributed by atoms with Crippen molar-refractivity contribution in [2.45, 2.75) is 57.3 Å². The van der Waals surface area contributed by atoms with Crippen LogP contribution in [0.4, 0.5) is 32.0 Å². The molecule has 2 atom stereocenters. The van der Waals surface area contributed by atoms with E-state index in [1.165, 1.54) is 5.69 Å². The number of likely N-dealkylation sites (N-methyl/N-ethyl adjacent to an activating group) is 1. The third-order valence-electron chi connectivity index (χ3n) is 8.22. The predicted octanol–water partition coefficient (Wildman–Crippen LogP) is 3.90. The van der Waals surface area contributed by atoms with Crippen molar-refractivity contribution in [3.05, 3.63) is 101 Å². The SMILES string of the molecule is C[C@H](NC(=O)[C@@H](CCc1ccccc1)NCc1ccccc1N1CCN(C)CC1)C(=O)NCc1ccc(C(=N)N)cc1.O=C(O)C(F)(F)F.O=C(O)C(F)(F)F. The number of rotatable bonds is 13. The van der Waals surface area contributed by atoms with Crippen molar-refractivity contribution in [1.82, 2.24) is 20.9 Å². The fourth-order valence-electron chi connectivity index (χ4n) is 5.05. The van der Waals surface area contributed by atoms with Gasteiger partial charge in [0.25, 0.3) is 0 Å². The Kier molecular flexibility index (Phi) is 18.3. The largest absolute Gasteiger partial charge is 0.490 e. The number of anilines is 1. The number of carbonyl (C=O) groups is 4. The van der Waals surface area contributed by atoms with Crippen LogP contribution in [0.25, 0.3) is 0 Å². The lowest BCUT2D eigenvalue weighted by molar-refractivity contribution is -0.193. The van der Waals surface area contributed by atoms with Crippen LogP contribution in [0, 0.1) is 5.41 Å². The molecule has 0 radical (unpaired) electrons. The van der Waals surface area contributed by atoms with Gasteiger partial charge in [0.05, 0.1) is 6.04 Å². The summed E-state index contributed by atoms with van der Waals surface area (Å²) in [6, 6.07) is 24.5. The molecular weight excluding hydrogens is 752 g/mol. The van der Waals surface area contributed by atoms with Crippen molar-refractivity contribution in [2.75, 3.05) is 38.1 Å². The number of hydrogen-bond donors (Lipinski definition) is 7. The van der Waals surface area contributed by atoms with Gasteiger partial charge >= 0.3 is 24.3 Å². The van der Waals surface area contributed by atoms with Crippen molar-refractivity contribution in [2.24, 2.45) is 5.73 Å². The summed E-state index contributed by atoms with van der Waals surface area (Å²) in [6.45, 7) is 6.55. The fourth-order valence-corrected chi connectivity index (χ4v) is 5.05. The molecule has 19 heteroatoms. The molecule has 1 aliphatic heterocycles. The number of aliphatic carboxylic acids is 2. The van der Waals surface area contributed by atoms with Gasteiger partial charge in [-0.25, -0.2) is 9.59 Å². The molecule has 4 rings (SSSR count). The molecule has 3 aromatic carbocycles. The van der Waals surface area contributed by atoms with Crippen LogP contribution in [0.5, 0.6) is 0 Å². The zero-order valence-corrected chi connectivity index (χ0v) is 30.6. The summed E-state index contributed by atoms with van der Waals surface area (Å²) in [5.41, 5.74) is 10.5. The fraction of sp³-hybridized carbons (Fsp3) is 0.378. The normalized spacial score (nSPS) is 14.1. The van der Waals surface area contributed by atoms with Crippen LogP contribution < -0.4 is 26.6 Å². The Balaban J connectivity index is 0.000000657. The second-order valence-corrected chi connectivity index (χ2v) is 12.5. The van der Waals surface area contributed by atoms with Gasteiger partial charge in [-0.1, -0.05) is 72.8 Å². The molecule has 2 amide bonds. The third-order valence-corrected chi connectivity index (χ3v) is 8.22. The lowest BCUT2D eigenvalue weighted by atomic mass is 10.0. The number of carboxylic acid groups (broad SMARTS) is 2. The molecule has 306 valence electrons. The Labute approximate surface area is 319 Å². The monoisotopic (exact) mass is 797 g/mol. The van der Waals surface area contributed by atoms with Crippen LogP contribution in [0.15, 0.2) is 78.9 Å². The molecule has 1 saturated heterocycles. The van der Waals surface area contributed by atoms with Gasteiger partial charge in [-0.05, 0) is 49.6 Å². The Bertz CT molecular complexity index is 1710. The maximum absolute atomic E-state index is 13.5. The van der Waals surface area contributed by atoms with Gasteiger partial charge in [-0.15, -0.1) is 0 Å². The number of nitrogen functional groups attached to an aromatic ring is 1. The molecule has 1 fully saturated rings. The Hall–Kier alpha value is -5.69. The standard InChI is InChI=1S/C33H43N7O2.2C2HF3O2/c1-24(32(41)37-22-26-12-15-27(16-13-26)31(34)35)38-33(42)29(17-14-25-8-4-3-5-9-25)36-23-28-10-6-7-11-30(28)40-20-18-39(2)19-21-40;2*3-2(4,5)1(6)7/h3-13,15-16,24,29,36H,14,17-23H2,1-2H3,(H3,34,35)(H,37,41)(H,38,42);2*(H,6,7)/t24-,29+;;/m0../s1. The van der Waals surface area contributed by atoms with E-state index in [1.807, 2.05) is 36.4 Å². The van der Waals surface area contributed by atoms with E-state index < -0.39 is 36.4 Å². The van der Waals surface area contributed by atoms with Gasteiger partial charge in [-0.2, -0.15) is 26.3 Å². The van der Waals surface area contributed by atoms with Crippen molar-refractivity contribution < 1.29 is 55.7 Å². The maximum atomic E-state index is 13.5. The van der Waals surface area contributed by atoms with Crippen molar-refractivity contribution in [3.63, 3.8) is 0 Å². The molecule has 0 saturated carbocycles. The minimum atomic E-state index is -5.08. The van der Waals surface area contributed by atoms with E-state index in [2.05, 4.69) is 63.1 Å². The van der Waals surface area contributed by atoms with E-state index in [4.69, 9.17) is 30.9 Å². The number of hydrogen-bond acceptors (Lipinski definition) is 8. The summed E-state index contributed by atoms with van der Waals surface area (Å²) in [6.07, 6.45) is -8.83. The number of nitrogens with zero attached hydrogens (tertiary/aromatic N) is 2. The Morgan fingerprint density at radius 2 is 1.29 bits per heavy atom. The second-order valence-electron chi connectivity index (χ2n) is 12.5. The first kappa shape index (κ1) is 46.5. The van der Waals surface area contributed by atoms with Gasteiger partial charge in [0.2, 0.25) is 11.8 Å². The lowest BCUT2D eigenvalue weighted by Crippen LogP contribution is -2.51. The minimum Gasteiger partial charge on any atom is -0.475 e. The first-order valence-electron chi connectivity index (χ1n) is 17.1. The average Bonchev–Trinajstić information content (AvgIpc) is 3.14. The first-order chi connectivity index (χ1) is 26.2. The summed E-state index contributed by atoms with van der Waals surface area (Å²) in [5, 5.41) is 31.1. The molecule has 0 unspecified atom stereocenters. The number of piperazine rings is 1. The molecule has 8 N–H and O–H groups in total. The summed E-state index contributed by atoms with van der Waals surface area (Å²) in [7, 11) is 2.15. The number of amidine groups is 1. The topological polar surface area (TPSA) is 201 Å². The number of alkyl halides is 6. The lowest BCUT2D eigenvalue weighted by Gasteiger charge is -2.35. The van der Waals surface area contributed by atoms with E-state index in [9.17, 15) is 35.9 Å². The van der Waals surface area contributed by atoms with Gasteiger partial charge in [-0.3, -0.25) is 15.0 Å². The second kappa shape index (κ2) is 22.0. The number of amides is 2. The summed E-state index contributed by atoms with van der Waals surface area (Å²) in [5.74, 6) is -5.97. The highest BCUT2D eigenvalue weighted by atomic mass is 19.4.